The van der Waals surface area contributed by atoms with Crippen LogP contribution in [0, 0.1) is 0 Å². The van der Waals surface area contributed by atoms with Gasteiger partial charge in [0.2, 0.25) is 0 Å². The first-order valence-electron chi connectivity index (χ1n) is 5.30. The lowest BCUT2D eigenvalue weighted by molar-refractivity contribution is -0.153. The van der Waals surface area contributed by atoms with Gasteiger partial charge in [-0.15, -0.1) is 0 Å². The molecule has 0 aliphatic heterocycles. The molecule has 1 unspecified atom stereocenters. The van der Waals surface area contributed by atoms with Gasteiger partial charge in [-0.2, -0.15) is 0 Å². The molecule has 100 valence electrons. The zero-order chi connectivity index (χ0) is 13.9. The fourth-order valence-electron chi connectivity index (χ4n) is 1.58. The summed E-state index contributed by atoms with van der Waals surface area (Å²) in [5, 5.41) is 9.52. The van der Waals surface area contributed by atoms with Crippen LogP contribution in [0.25, 0.3) is 0 Å². The summed E-state index contributed by atoms with van der Waals surface area (Å²) in [6.45, 7) is 2.25. The molecular weight excluding hydrogens is 266 g/mol. The van der Waals surface area contributed by atoms with Gasteiger partial charge in [0.15, 0.2) is 6.10 Å². The van der Waals surface area contributed by atoms with Gasteiger partial charge in [-0.25, -0.2) is 13.6 Å². The van der Waals surface area contributed by atoms with E-state index in [1.165, 1.54) is 18.2 Å². The number of alkyl halides is 2. The largest absolute Gasteiger partial charge is 0.464 e. The van der Waals surface area contributed by atoms with Crippen LogP contribution in [-0.2, 0) is 15.5 Å². The van der Waals surface area contributed by atoms with E-state index in [4.69, 9.17) is 11.6 Å². The Labute approximate surface area is 108 Å². The standard InChI is InChI=1S/C12H13ClF2O3/c1-3-18-11(17)10(16)7-5-4-6-8(13)9(7)12(2,14)15/h4-6,10,16H,3H2,1-2H3. The highest BCUT2D eigenvalue weighted by atomic mass is 35.5. The maximum absolute atomic E-state index is 13.4. The molecule has 1 aromatic carbocycles. The van der Waals surface area contributed by atoms with Crippen LogP contribution in [0.4, 0.5) is 8.78 Å². The van der Waals surface area contributed by atoms with E-state index in [2.05, 4.69) is 4.74 Å². The highest BCUT2D eigenvalue weighted by Crippen LogP contribution is 2.38. The lowest BCUT2D eigenvalue weighted by Gasteiger charge is -2.20. The van der Waals surface area contributed by atoms with Crippen molar-refractivity contribution in [2.75, 3.05) is 6.61 Å². The summed E-state index contributed by atoms with van der Waals surface area (Å²) in [6.07, 6.45) is -1.77. The fraction of sp³-hybridized carbons (Fsp3) is 0.417. The number of hydrogen-bond acceptors (Lipinski definition) is 3. The minimum atomic E-state index is -3.26. The van der Waals surface area contributed by atoms with Gasteiger partial charge in [0.1, 0.15) is 0 Å². The second-order valence-electron chi connectivity index (χ2n) is 3.75. The second-order valence-corrected chi connectivity index (χ2v) is 4.15. The fourth-order valence-corrected chi connectivity index (χ4v) is 1.93. The van der Waals surface area contributed by atoms with Gasteiger partial charge < -0.3 is 9.84 Å². The summed E-state index contributed by atoms with van der Waals surface area (Å²) < 4.78 is 31.5. The van der Waals surface area contributed by atoms with Crippen LogP contribution in [0.1, 0.15) is 31.1 Å². The number of ether oxygens (including phenoxy) is 1. The quantitative estimate of drug-likeness (QED) is 0.861. The Kier molecular flexibility index (Phi) is 4.65. The van der Waals surface area contributed by atoms with Gasteiger partial charge >= 0.3 is 5.97 Å². The minimum absolute atomic E-state index is 0.0499. The number of aliphatic hydroxyl groups is 1. The van der Waals surface area contributed by atoms with Crippen LogP contribution in [0.5, 0.6) is 0 Å². The predicted octanol–water partition coefficient (Wildman–Crippen LogP) is 3.05. The van der Waals surface area contributed by atoms with Crippen LogP contribution >= 0.6 is 11.6 Å². The van der Waals surface area contributed by atoms with Crippen LogP contribution in [0.3, 0.4) is 0 Å². The van der Waals surface area contributed by atoms with Gasteiger partial charge in [-0.1, -0.05) is 23.7 Å². The van der Waals surface area contributed by atoms with Gasteiger partial charge in [0.25, 0.3) is 5.92 Å². The molecule has 6 heteroatoms. The number of esters is 1. The van der Waals surface area contributed by atoms with Crippen LogP contribution in [0.15, 0.2) is 18.2 Å². The molecule has 0 aliphatic carbocycles. The monoisotopic (exact) mass is 278 g/mol. The SMILES string of the molecule is CCOC(=O)C(O)c1cccc(Cl)c1C(C)(F)F. The van der Waals surface area contributed by atoms with Crippen molar-refractivity contribution in [3.63, 3.8) is 0 Å². The molecular formula is C12H13ClF2O3. The van der Waals surface area contributed by atoms with Crippen molar-refractivity contribution >= 4 is 17.6 Å². The zero-order valence-electron chi connectivity index (χ0n) is 9.91. The number of rotatable bonds is 4. The maximum Gasteiger partial charge on any atom is 0.339 e. The van der Waals surface area contributed by atoms with E-state index in [1.54, 1.807) is 6.92 Å². The van der Waals surface area contributed by atoms with Gasteiger partial charge in [-0.05, 0) is 13.0 Å². The summed E-state index contributed by atoms with van der Waals surface area (Å²) >= 11 is 5.70. The summed E-state index contributed by atoms with van der Waals surface area (Å²) in [7, 11) is 0. The van der Waals surface area contributed by atoms with Crippen molar-refractivity contribution in [1.82, 2.24) is 0 Å². The Morgan fingerprint density at radius 3 is 2.67 bits per heavy atom. The Hall–Kier alpha value is -1.20. The lowest BCUT2D eigenvalue weighted by atomic mass is 9.98. The number of carbonyl (C=O) groups is 1. The van der Waals surface area contributed by atoms with E-state index < -0.39 is 23.6 Å². The predicted molar refractivity (Wildman–Crippen MR) is 62.6 cm³/mol. The summed E-state index contributed by atoms with van der Waals surface area (Å²) in [6, 6.07) is 3.88. The Morgan fingerprint density at radius 1 is 1.56 bits per heavy atom. The van der Waals surface area contributed by atoms with Crippen molar-refractivity contribution < 1.29 is 23.4 Å². The highest BCUT2D eigenvalue weighted by Gasteiger charge is 2.34. The van der Waals surface area contributed by atoms with Crippen LogP contribution in [-0.4, -0.2) is 17.7 Å². The van der Waals surface area contributed by atoms with Gasteiger partial charge in [-0.3, -0.25) is 0 Å². The molecule has 0 saturated heterocycles. The molecule has 18 heavy (non-hydrogen) atoms. The molecule has 0 aromatic heterocycles. The first kappa shape index (κ1) is 14.9. The highest BCUT2D eigenvalue weighted by molar-refractivity contribution is 6.31. The van der Waals surface area contributed by atoms with E-state index in [0.717, 1.165) is 0 Å². The van der Waals surface area contributed by atoms with E-state index in [-0.39, 0.29) is 17.2 Å². The summed E-state index contributed by atoms with van der Waals surface area (Å²) in [5.74, 6) is -4.24. The van der Waals surface area contributed by atoms with Crippen molar-refractivity contribution in [2.45, 2.75) is 25.9 Å². The van der Waals surface area contributed by atoms with Crippen molar-refractivity contribution in [2.24, 2.45) is 0 Å². The molecule has 1 N–H and O–H groups in total. The molecule has 1 aromatic rings. The first-order chi connectivity index (χ1) is 8.29. The molecule has 0 bridgehead atoms. The molecule has 0 radical (unpaired) electrons. The lowest BCUT2D eigenvalue weighted by Crippen LogP contribution is -2.20. The number of aliphatic hydroxyl groups excluding tert-OH is 1. The van der Waals surface area contributed by atoms with Crippen molar-refractivity contribution in [3.05, 3.63) is 34.3 Å². The van der Waals surface area contributed by atoms with E-state index in [9.17, 15) is 18.7 Å². The van der Waals surface area contributed by atoms with E-state index >= 15 is 0 Å². The molecule has 3 nitrogen and oxygen atoms in total. The van der Waals surface area contributed by atoms with Crippen LogP contribution < -0.4 is 0 Å². The normalized spacial score (nSPS) is 13.2. The average Bonchev–Trinajstić information content (AvgIpc) is 2.26. The Balaban J connectivity index is 3.25. The van der Waals surface area contributed by atoms with Gasteiger partial charge in [0.05, 0.1) is 11.6 Å². The molecule has 1 atom stereocenters. The Bertz CT molecular complexity index is 443. The minimum Gasteiger partial charge on any atom is -0.464 e. The smallest absolute Gasteiger partial charge is 0.339 e. The van der Waals surface area contributed by atoms with Crippen molar-refractivity contribution in [1.29, 1.82) is 0 Å². The van der Waals surface area contributed by atoms with Crippen LogP contribution in [0.2, 0.25) is 5.02 Å². The van der Waals surface area contributed by atoms with Gasteiger partial charge in [0, 0.05) is 18.1 Å². The maximum atomic E-state index is 13.4. The van der Waals surface area contributed by atoms with Crippen molar-refractivity contribution in [3.8, 4) is 0 Å². The molecule has 0 spiro atoms. The third-order valence-electron chi connectivity index (χ3n) is 2.29. The summed E-state index contributed by atoms with van der Waals surface area (Å²) in [4.78, 5) is 11.4. The molecule has 1 rings (SSSR count). The number of benzene rings is 1. The number of halogens is 3. The molecule has 0 heterocycles. The number of hydrogen-bond donors (Lipinski definition) is 1. The zero-order valence-corrected chi connectivity index (χ0v) is 10.7. The Morgan fingerprint density at radius 2 is 2.17 bits per heavy atom. The third kappa shape index (κ3) is 3.17. The third-order valence-corrected chi connectivity index (χ3v) is 2.60. The van der Waals surface area contributed by atoms with E-state index in [1.807, 2.05) is 0 Å². The van der Waals surface area contributed by atoms with E-state index in [0.29, 0.717) is 6.92 Å². The topological polar surface area (TPSA) is 46.5 Å². The molecule has 0 fully saturated rings. The summed E-state index contributed by atoms with van der Waals surface area (Å²) in [5.41, 5.74) is -0.805. The second kappa shape index (κ2) is 5.63. The number of carbonyl (C=O) groups excluding carboxylic acids is 1. The molecule has 0 saturated carbocycles. The molecule has 0 amide bonds. The average molecular weight is 279 g/mol. The first-order valence-corrected chi connectivity index (χ1v) is 5.68. The molecule has 0 aliphatic rings.